The van der Waals surface area contributed by atoms with Crippen molar-refractivity contribution in [1.82, 2.24) is 5.32 Å². The summed E-state index contributed by atoms with van der Waals surface area (Å²) in [6, 6.07) is 11.6. The molecule has 3 rings (SSSR count). The molecular formula is C19H16F2N4O2S. The van der Waals surface area contributed by atoms with Gasteiger partial charge in [0.2, 0.25) is 11.8 Å². The summed E-state index contributed by atoms with van der Waals surface area (Å²) in [5, 5.41) is 12.6. The molecule has 0 bridgehead atoms. The predicted octanol–water partition coefficient (Wildman–Crippen LogP) is 3.31. The standard InChI is InChI=1S/C19H16F2N4O2S/c1-11(12-6-8-13(20)9-7-12)24-25-19-23-18(27)16(28-19)10-17(26)22-15-5-3-2-4-14(15)21/h2-9,16H,10H2,1H3,(H,22,26)(H,23,25,27)/t16-/m0/s1. The van der Waals surface area contributed by atoms with Gasteiger partial charge in [0, 0.05) is 6.42 Å². The van der Waals surface area contributed by atoms with E-state index in [2.05, 4.69) is 20.8 Å². The SMILES string of the molecule is CC(=NN=C1NC(=O)[C@H](CC(=O)Nc2ccccc2F)S1)c1ccc(F)cc1. The Bertz CT molecular complexity index is 961. The van der Waals surface area contributed by atoms with Gasteiger partial charge >= 0.3 is 0 Å². The van der Waals surface area contributed by atoms with E-state index in [1.54, 1.807) is 25.1 Å². The Morgan fingerprint density at radius 1 is 1.18 bits per heavy atom. The number of para-hydroxylation sites is 1. The first kappa shape index (κ1) is 19.7. The number of halogens is 2. The highest BCUT2D eigenvalue weighted by Gasteiger charge is 2.32. The minimum atomic E-state index is -0.688. The van der Waals surface area contributed by atoms with Gasteiger partial charge in [0.1, 0.15) is 16.9 Å². The van der Waals surface area contributed by atoms with Crippen LogP contribution in [0.4, 0.5) is 14.5 Å². The summed E-state index contributed by atoms with van der Waals surface area (Å²) in [6.45, 7) is 1.71. The molecule has 9 heteroatoms. The average molecular weight is 402 g/mol. The number of amidine groups is 1. The number of anilines is 1. The highest BCUT2D eigenvalue weighted by molar-refractivity contribution is 8.15. The highest BCUT2D eigenvalue weighted by atomic mass is 32.2. The Kier molecular flexibility index (Phi) is 6.15. The van der Waals surface area contributed by atoms with Crippen LogP contribution in [0.2, 0.25) is 0 Å². The van der Waals surface area contributed by atoms with Gasteiger partial charge in [0.05, 0.1) is 11.4 Å². The summed E-state index contributed by atoms with van der Waals surface area (Å²) in [7, 11) is 0. The molecule has 0 aliphatic carbocycles. The van der Waals surface area contributed by atoms with Crippen LogP contribution >= 0.6 is 11.8 Å². The first-order valence-corrected chi connectivity index (χ1v) is 9.20. The first-order chi connectivity index (χ1) is 13.4. The topological polar surface area (TPSA) is 82.9 Å². The lowest BCUT2D eigenvalue weighted by atomic mass is 10.1. The van der Waals surface area contributed by atoms with Gasteiger partial charge in [-0.05, 0) is 36.8 Å². The number of thioether (sulfide) groups is 1. The lowest BCUT2D eigenvalue weighted by molar-refractivity contribution is -0.122. The zero-order chi connectivity index (χ0) is 20.1. The Hall–Kier alpha value is -3.07. The van der Waals surface area contributed by atoms with Crippen molar-refractivity contribution in [3.63, 3.8) is 0 Å². The zero-order valence-electron chi connectivity index (χ0n) is 14.8. The van der Waals surface area contributed by atoms with Crippen molar-refractivity contribution < 1.29 is 18.4 Å². The summed E-state index contributed by atoms with van der Waals surface area (Å²) in [4.78, 5) is 24.1. The fourth-order valence-corrected chi connectivity index (χ4v) is 3.31. The van der Waals surface area contributed by atoms with Crippen LogP contribution in [0.1, 0.15) is 18.9 Å². The molecule has 144 valence electrons. The third-order valence-corrected chi connectivity index (χ3v) is 4.92. The Morgan fingerprint density at radius 3 is 2.61 bits per heavy atom. The normalized spacial score (nSPS) is 18.2. The average Bonchev–Trinajstić information content (AvgIpc) is 3.01. The van der Waals surface area contributed by atoms with Gasteiger partial charge in [-0.25, -0.2) is 8.78 Å². The maximum Gasteiger partial charge on any atom is 0.240 e. The van der Waals surface area contributed by atoms with Gasteiger partial charge in [0.15, 0.2) is 5.17 Å². The highest BCUT2D eigenvalue weighted by Crippen LogP contribution is 2.23. The van der Waals surface area contributed by atoms with E-state index in [1.165, 1.54) is 30.3 Å². The summed E-state index contributed by atoms with van der Waals surface area (Å²) >= 11 is 1.07. The van der Waals surface area contributed by atoms with Crippen LogP contribution in [0.25, 0.3) is 0 Å². The van der Waals surface area contributed by atoms with Crippen molar-refractivity contribution in [2.24, 2.45) is 10.2 Å². The van der Waals surface area contributed by atoms with Crippen LogP contribution in [-0.4, -0.2) is 27.9 Å². The van der Waals surface area contributed by atoms with E-state index >= 15 is 0 Å². The second kappa shape index (κ2) is 8.75. The largest absolute Gasteiger partial charge is 0.324 e. The molecule has 1 heterocycles. The van der Waals surface area contributed by atoms with Crippen molar-refractivity contribution >= 4 is 40.1 Å². The number of hydrogen-bond donors (Lipinski definition) is 2. The Labute approximate surface area is 164 Å². The van der Waals surface area contributed by atoms with Gasteiger partial charge in [-0.3, -0.25) is 9.59 Å². The maximum atomic E-state index is 13.6. The Morgan fingerprint density at radius 2 is 1.89 bits per heavy atom. The number of nitrogens with zero attached hydrogens (tertiary/aromatic N) is 2. The number of carbonyl (C=O) groups excluding carboxylic acids is 2. The third-order valence-electron chi connectivity index (χ3n) is 3.85. The van der Waals surface area contributed by atoms with E-state index in [1.807, 2.05) is 0 Å². The molecule has 2 N–H and O–H groups in total. The van der Waals surface area contributed by atoms with E-state index in [0.29, 0.717) is 11.3 Å². The molecule has 6 nitrogen and oxygen atoms in total. The molecule has 0 radical (unpaired) electrons. The number of amides is 2. The van der Waals surface area contributed by atoms with Crippen molar-refractivity contribution in [3.8, 4) is 0 Å². The summed E-state index contributed by atoms with van der Waals surface area (Å²) < 4.78 is 26.5. The molecule has 1 fully saturated rings. The minimum absolute atomic E-state index is 0.0596. The van der Waals surface area contributed by atoms with E-state index < -0.39 is 17.0 Å². The monoisotopic (exact) mass is 402 g/mol. The van der Waals surface area contributed by atoms with Crippen LogP contribution in [0.3, 0.4) is 0 Å². The lowest BCUT2D eigenvalue weighted by Crippen LogP contribution is -2.28. The minimum Gasteiger partial charge on any atom is -0.324 e. The van der Waals surface area contributed by atoms with Crippen molar-refractivity contribution in [3.05, 3.63) is 65.7 Å². The van der Waals surface area contributed by atoms with E-state index in [-0.39, 0.29) is 29.0 Å². The number of rotatable bonds is 5. The van der Waals surface area contributed by atoms with Gasteiger partial charge in [0.25, 0.3) is 0 Å². The summed E-state index contributed by atoms with van der Waals surface area (Å²) in [6.07, 6.45) is -0.134. The molecule has 0 saturated carbocycles. The number of hydrogen-bond acceptors (Lipinski definition) is 5. The van der Waals surface area contributed by atoms with Gasteiger partial charge in [-0.1, -0.05) is 36.0 Å². The fourth-order valence-electron chi connectivity index (χ4n) is 2.39. The molecular weight excluding hydrogens is 386 g/mol. The molecule has 1 aliphatic rings. The third kappa shape index (κ3) is 5.01. The molecule has 28 heavy (non-hydrogen) atoms. The quantitative estimate of drug-likeness (QED) is 0.595. The molecule has 1 saturated heterocycles. The second-order valence-corrected chi connectivity index (χ2v) is 7.12. The van der Waals surface area contributed by atoms with Crippen LogP contribution in [-0.2, 0) is 9.59 Å². The van der Waals surface area contributed by atoms with Crippen molar-refractivity contribution in [2.75, 3.05) is 5.32 Å². The van der Waals surface area contributed by atoms with Crippen molar-refractivity contribution in [2.45, 2.75) is 18.6 Å². The molecule has 2 amide bonds. The fraction of sp³-hybridized carbons (Fsp3) is 0.158. The molecule has 0 spiro atoms. The van der Waals surface area contributed by atoms with E-state index in [0.717, 1.165) is 11.8 Å². The predicted molar refractivity (Wildman–Crippen MR) is 105 cm³/mol. The maximum absolute atomic E-state index is 13.6. The summed E-state index contributed by atoms with van der Waals surface area (Å²) in [5.74, 6) is -1.75. The van der Waals surface area contributed by atoms with Crippen LogP contribution in [0.5, 0.6) is 0 Å². The number of benzene rings is 2. The van der Waals surface area contributed by atoms with Crippen LogP contribution in [0, 0.1) is 11.6 Å². The van der Waals surface area contributed by atoms with E-state index in [4.69, 9.17) is 0 Å². The Balaban J connectivity index is 1.60. The molecule has 0 unspecified atom stereocenters. The second-order valence-electron chi connectivity index (χ2n) is 5.93. The van der Waals surface area contributed by atoms with Crippen LogP contribution in [0.15, 0.2) is 58.7 Å². The van der Waals surface area contributed by atoms with Gasteiger partial charge in [-0.15, -0.1) is 5.10 Å². The zero-order valence-corrected chi connectivity index (χ0v) is 15.6. The number of nitrogens with one attached hydrogen (secondary N) is 2. The van der Waals surface area contributed by atoms with Gasteiger partial charge < -0.3 is 10.6 Å². The molecule has 1 atom stereocenters. The van der Waals surface area contributed by atoms with E-state index in [9.17, 15) is 18.4 Å². The van der Waals surface area contributed by atoms with Crippen molar-refractivity contribution in [1.29, 1.82) is 0 Å². The number of carbonyl (C=O) groups is 2. The lowest BCUT2D eigenvalue weighted by Gasteiger charge is -2.07. The first-order valence-electron chi connectivity index (χ1n) is 8.32. The smallest absolute Gasteiger partial charge is 0.240 e. The van der Waals surface area contributed by atoms with Crippen LogP contribution < -0.4 is 10.6 Å². The molecule has 2 aromatic carbocycles. The molecule has 1 aliphatic heterocycles. The summed E-state index contributed by atoms with van der Waals surface area (Å²) in [5.41, 5.74) is 1.30. The van der Waals surface area contributed by atoms with Gasteiger partial charge in [-0.2, -0.15) is 5.10 Å². The molecule has 2 aromatic rings. The molecule has 0 aromatic heterocycles.